The number of nitrogens with two attached hydrogens (primary N) is 1. The fraction of sp³-hybridized carbons (Fsp3) is 0.167. The summed E-state index contributed by atoms with van der Waals surface area (Å²) < 4.78 is 0. The number of nitrogens with zero attached hydrogens (tertiary/aromatic N) is 1. The smallest absolute Gasteiger partial charge is 0.0972 e. The summed E-state index contributed by atoms with van der Waals surface area (Å²) >= 11 is 1.73. The number of hydrogen-bond acceptors (Lipinski definition) is 3. The van der Waals surface area contributed by atoms with Crippen molar-refractivity contribution in [3.8, 4) is 0 Å². The summed E-state index contributed by atoms with van der Waals surface area (Å²) in [7, 11) is 0. The van der Waals surface area contributed by atoms with Crippen molar-refractivity contribution >= 4 is 17.0 Å². The number of rotatable bonds is 4. The fourth-order valence-corrected chi connectivity index (χ4v) is 3.06. The molecule has 0 aliphatic heterocycles. The lowest BCUT2D eigenvalue weighted by Gasteiger charge is -2.00. The second-order valence-electron chi connectivity index (χ2n) is 5.31. The Hall–Kier alpha value is -2.13. The van der Waals surface area contributed by atoms with Crippen LogP contribution in [0.1, 0.15) is 27.4 Å². The summed E-state index contributed by atoms with van der Waals surface area (Å²) in [5.41, 5.74) is 11.5. The summed E-state index contributed by atoms with van der Waals surface area (Å²) in [6.45, 7) is 2.11. The summed E-state index contributed by atoms with van der Waals surface area (Å²) in [6, 6.07) is 16.7. The molecule has 1 heterocycles. The Morgan fingerprint density at radius 3 is 2.24 bits per heavy atom. The summed E-state index contributed by atoms with van der Waals surface area (Å²) in [5, 5.41) is 3.31. The molecule has 0 spiro atoms. The van der Waals surface area contributed by atoms with E-state index in [0.29, 0.717) is 0 Å². The van der Waals surface area contributed by atoms with Crippen LogP contribution in [0.15, 0.2) is 53.9 Å². The zero-order valence-corrected chi connectivity index (χ0v) is 12.9. The van der Waals surface area contributed by atoms with E-state index in [1.165, 1.54) is 16.7 Å². The molecule has 2 aromatic carbocycles. The molecule has 1 aromatic heterocycles. The van der Waals surface area contributed by atoms with E-state index >= 15 is 0 Å². The van der Waals surface area contributed by atoms with Crippen molar-refractivity contribution in [3.63, 3.8) is 0 Å². The molecule has 0 unspecified atom stereocenters. The molecule has 0 amide bonds. The van der Waals surface area contributed by atoms with Gasteiger partial charge in [0.15, 0.2) is 0 Å². The Kier molecular flexibility index (Phi) is 4.02. The molecule has 0 saturated carbocycles. The molecular formula is C18H18N2S. The monoisotopic (exact) mass is 294 g/mol. The van der Waals surface area contributed by atoms with Gasteiger partial charge in [-0.2, -0.15) is 0 Å². The van der Waals surface area contributed by atoms with Crippen molar-refractivity contribution in [2.75, 3.05) is 5.73 Å². The Morgan fingerprint density at radius 1 is 0.905 bits per heavy atom. The van der Waals surface area contributed by atoms with Crippen LogP contribution in [0.3, 0.4) is 0 Å². The molecule has 0 aliphatic rings. The van der Waals surface area contributed by atoms with Gasteiger partial charge in [-0.25, -0.2) is 4.98 Å². The third-order valence-electron chi connectivity index (χ3n) is 3.44. The molecule has 0 bridgehead atoms. The van der Waals surface area contributed by atoms with E-state index in [4.69, 9.17) is 10.7 Å². The minimum atomic E-state index is 0.804. The van der Waals surface area contributed by atoms with Crippen LogP contribution in [0, 0.1) is 6.92 Å². The van der Waals surface area contributed by atoms with Crippen LogP contribution < -0.4 is 5.73 Å². The van der Waals surface area contributed by atoms with E-state index in [-0.39, 0.29) is 0 Å². The van der Waals surface area contributed by atoms with Gasteiger partial charge in [-0.05, 0) is 30.2 Å². The van der Waals surface area contributed by atoms with Crippen LogP contribution in [0.25, 0.3) is 0 Å². The van der Waals surface area contributed by atoms with Crippen molar-refractivity contribution in [3.05, 3.63) is 81.3 Å². The quantitative estimate of drug-likeness (QED) is 0.732. The predicted octanol–water partition coefficient (Wildman–Crippen LogP) is 4.22. The summed E-state index contributed by atoms with van der Waals surface area (Å²) in [6.07, 6.45) is 1.78. The molecule has 106 valence electrons. The minimum Gasteiger partial charge on any atom is -0.399 e. The Balaban J connectivity index is 1.68. The average Bonchev–Trinajstić information content (AvgIpc) is 2.91. The molecule has 0 atom stereocenters. The molecular weight excluding hydrogens is 276 g/mol. The van der Waals surface area contributed by atoms with Crippen molar-refractivity contribution in [1.82, 2.24) is 4.98 Å². The van der Waals surface area contributed by atoms with Gasteiger partial charge in [0.2, 0.25) is 0 Å². The van der Waals surface area contributed by atoms with E-state index in [1.807, 2.05) is 12.1 Å². The number of anilines is 1. The maximum atomic E-state index is 5.71. The van der Waals surface area contributed by atoms with Gasteiger partial charge in [0.25, 0.3) is 0 Å². The van der Waals surface area contributed by atoms with Crippen molar-refractivity contribution < 1.29 is 0 Å². The molecule has 0 aliphatic carbocycles. The van der Waals surface area contributed by atoms with Crippen molar-refractivity contribution in [2.24, 2.45) is 0 Å². The average molecular weight is 294 g/mol. The maximum Gasteiger partial charge on any atom is 0.0972 e. The van der Waals surface area contributed by atoms with E-state index in [0.717, 1.165) is 29.2 Å². The van der Waals surface area contributed by atoms with Gasteiger partial charge < -0.3 is 5.73 Å². The molecule has 2 N–H and O–H groups in total. The topological polar surface area (TPSA) is 38.9 Å². The SMILES string of the molecule is Cc1ccc(Cc2csc(Cc3ccc(N)cc3)n2)cc1. The van der Waals surface area contributed by atoms with Gasteiger partial charge >= 0.3 is 0 Å². The van der Waals surface area contributed by atoms with E-state index in [2.05, 4.69) is 48.7 Å². The zero-order chi connectivity index (χ0) is 14.7. The third-order valence-corrected chi connectivity index (χ3v) is 4.34. The van der Waals surface area contributed by atoms with Gasteiger partial charge in [0.05, 0.1) is 10.7 Å². The van der Waals surface area contributed by atoms with Gasteiger partial charge in [-0.3, -0.25) is 0 Å². The summed E-state index contributed by atoms with van der Waals surface area (Å²) in [5.74, 6) is 0. The van der Waals surface area contributed by atoms with Crippen LogP contribution in [-0.4, -0.2) is 4.98 Å². The Bertz CT molecular complexity index is 650. The standard InChI is InChI=1S/C18H18N2S/c1-13-2-4-14(5-3-13)10-17-12-21-18(20-17)11-15-6-8-16(19)9-7-15/h2-9,12H,10-11,19H2,1H3. The maximum absolute atomic E-state index is 5.71. The van der Waals surface area contributed by atoms with Crippen molar-refractivity contribution in [1.29, 1.82) is 0 Å². The number of benzene rings is 2. The van der Waals surface area contributed by atoms with Gasteiger partial charge in [0, 0.05) is 23.9 Å². The number of aromatic nitrogens is 1. The Morgan fingerprint density at radius 2 is 1.52 bits per heavy atom. The first-order chi connectivity index (χ1) is 10.2. The molecule has 3 aromatic rings. The lowest BCUT2D eigenvalue weighted by Crippen LogP contribution is -1.92. The second kappa shape index (κ2) is 6.10. The van der Waals surface area contributed by atoms with E-state index in [1.54, 1.807) is 11.3 Å². The molecule has 3 rings (SSSR count). The molecule has 0 saturated heterocycles. The van der Waals surface area contributed by atoms with Crippen LogP contribution >= 0.6 is 11.3 Å². The highest BCUT2D eigenvalue weighted by Crippen LogP contribution is 2.18. The number of aryl methyl sites for hydroxylation is 1. The highest BCUT2D eigenvalue weighted by atomic mass is 32.1. The molecule has 0 fully saturated rings. The van der Waals surface area contributed by atoms with Crippen LogP contribution in [0.4, 0.5) is 5.69 Å². The first-order valence-electron chi connectivity index (χ1n) is 7.02. The van der Waals surface area contributed by atoms with Gasteiger partial charge in [0.1, 0.15) is 0 Å². The molecule has 21 heavy (non-hydrogen) atoms. The van der Waals surface area contributed by atoms with Crippen LogP contribution in [0.5, 0.6) is 0 Å². The van der Waals surface area contributed by atoms with Crippen LogP contribution in [-0.2, 0) is 12.8 Å². The first-order valence-corrected chi connectivity index (χ1v) is 7.90. The highest BCUT2D eigenvalue weighted by molar-refractivity contribution is 7.09. The summed E-state index contributed by atoms with van der Waals surface area (Å²) in [4.78, 5) is 4.73. The van der Waals surface area contributed by atoms with E-state index in [9.17, 15) is 0 Å². The van der Waals surface area contributed by atoms with Gasteiger partial charge in [-0.15, -0.1) is 11.3 Å². The predicted molar refractivity (Wildman–Crippen MR) is 89.8 cm³/mol. The van der Waals surface area contributed by atoms with E-state index < -0.39 is 0 Å². The molecule has 3 heteroatoms. The lowest BCUT2D eigenvalue weighted by molar-refractivity contribution is 1.04. The number of hydrogen-bond donors (Lipinski definition) is 1. The fourth-order valence-electron chi connectivity index (χ4n) is 2.24. The van der Waals surface area contributed by atoms with Gasteiger partial charge in [-0.1, -0.05) is 42.0 Å². The van der Waals surface area contributed by atoms with Crippen LogP contribution in [0.2, 0.25) is 0 Å². The second-order valence-corrected chi connectivity index (χ2v) is 6.26. The number of nitrogen functional groups attached to an aromatic ring is 1. The third kappa shape index (κ3) is 3.70. The largest absolute Gasteiger partial charge is 0.399 e. The zero-order valence-electron chi connectivity index (χ0n) is 12.0. The molecule has 0 radical (unpaired) electrons. The number of thiazole rings is 1. The highest BCUT2D eigenvalue weighted by Gasteiger charge is 2.04. The lowest BCUT2D eigenvalue weighted by atomic mass is 10.1. The normalized spacial score (nSPS) is 10.7. The van der Waals surface area contributed by atoms with Crippen molar-refractivity contribution in [2.45, 2.75) is 19.8 Å². The first kappa shape index (κ1) is 13.8. The molecule has 2 nitrogen and oxygen atoms in total. The minimum absolute atomic E-state index is 0.804. The Labute approximate surface area is 129 Å².